The highest BCUT2D eigenvalue weighted by molar-refractivity contribution is 6.30. The summed E-state index contributed by atoms with van der Waals surface area (Å²) < 4.78 is 10.4. The topological polar surface area (TPSA) is 105 Å². The number of rotatable bonds is 4. The molecule has 0 bridgehead atoms. The number of nitrogens with zero attached hydrogens (tertiary/aromatic N) is 1. The summed E-state index contributed by atoms with van der Waals surface area (Å²) in [6, 6.07) is 5.72. The number of hydrogen-bond donors (Lipinski definition) is 2. The zero-order chi connectivity index (χ0) is 17.3. The SMILES string of the molecule is CCc1cc(=O)oc2nc(OCc3ccc(Cl)cc3O)[nH]c(=O)c12. The molecule has 0 radical (unpaired) electrons. The number of phenolic OH excluding ortho intramolecular Hbond substituents is 1. The molecule has 7 nitrogen and oxygen atoms in total. The van der Waals surface area contributed by atoms with E-state index in [1.165, 1.54) is 12.1 Å². The van der Waals surface area contributed by atoms with Crippen LogP contribution in [0.1, 0.15) is 18.1 Å². The lowest BCUT2D eigenvalue weighted by molar-refractivity contribution is 0.274. The van der Waals surface area contributed by atoms with Gasteiger partial charge in [-0.2, -0.15) is 4.98 Å². The Morgan fingerprint density at radius 2 is 2.08 bits per heavy atom. The quantitative estimate of drug-likeness (QED) is 0.750. The number of benzene rings is 1. The van der Waals surface area contributed by atoms with Crippen LogP contribution in [0.2, 0.25) is 5.02 Å². The van der Waals surface area contributed by atoms with E-state index in [2.05, 4.69) is 9.97 Å². The van der Waals surface area contributed by atoms with Gasteiger partial charge >= 0.3 is 5.63 Å². The van der Waals surface area contributed by atoms with Gasteiger partial charge in [0, 0.05) is 16.7 Å². The summed E-state index contributed by atoms with van der Waals surface area (Å²) >= 11 is 5.76. The molecule has 0 aliphatic carbocycles. The van der Waals surface area contributed by atoms with E-state index in [0.29, 0.717) is 22.6 Å². The van der Waals surface area contributed by atoms with Crippen molar-refractivity contribution in [2.75, 3.05) is 0 Å². The third-order valence-corrected chi connectivity index (χ3v) is 3.70. The molecule has 2 heterocycles. The molecule has 8 heteroatoms. The van der Waals surface area contributed by atoms with Crippen molar-refractivity contribution in [3.8, 4) is 11.8 Å². The lowest BCUT2D eigenvalue weighted by Crippen LogP contribution is -2.15. The molecule has 0 fully saturated rings. The first kappa shape index (κ1) is 16.1. The zero-order valence-electron chi connectivity index (χ0n) is 12.6. The first-order valence-electron chi connectivity index (χ1n) is 7.15. The lowest BCUT2D eigenvalue weighted by Gasteiger charge is -2.08. The molecule has 0 aliphatic heterocycles. The normalized spacial score (nSPS) is 10.9. The van der Waals surface area contributed by atoms with Crippen LogP contribution in [0.5, 0.6) is 11.8 Å². The second-order valence-corrected chi connectivity index (χ2v) is 5.49. The van der Waals surface area contributed by atoms with Crippen LogP contribution in [0.4, 0.5) is 0 Å². The number of H-pyrrole nitrogens is 1. The van der Waals surface area contributed by atoms with Crippen LogP contribution < -0.4 is 15.9 Å². The first-order valence-corrected chi connectivity index (χ1v) is 7.53. The number of nitrogens with one attached hydrogen (secondary N) is 1. The third kappa shape index (κ3) is 3.11. The molecule has 0 saturated heterocycles. The van der Waals surface area contributed by atoms with E-state index >= 15 is 0 Å². The smallest absolute Gasteiger partial charge is 0.337 e. The van der Waals surface area contributed by atoms with Crippen molar-refractivity contribution in [1.82, 2.24) is 9.97 Å². The van der Waals surface area contributed by atoms with Crippen molar-refractivity contribution < 1.29 is 14.3 Å². The van der Waals surface area contributed by atoms with Gasteiger partial charge in [-0.05, 0) is 24.1 Å². The monoisotopic (exact) mass is 348 g/mol. The minimum Gasteiger partial charge on any atom is -0.507 e. The Morgan fingerprint density at radius 3 is 2.79 bits per heavy atom. The van der Waals surface area contributed by atoms with Crippen LogP contribution in [0.15, 0.2) is 38.3 Å². The Morgan fingerprint density at radius 1 is 1.29 bits per heavy atom. The van der Waals surface area contributed by atoms with Gasteiger partial charge in [0.25, 0.3) is 11.6 Å². The third-order valence-electron chi connectivity index (χ3n) is 3.47. The first-order chi connectivity index (χ1) is 11.5. The van der Waals surface area contributed by atoms with E-state index in [1.807, 2.05) is 6.92 Å². The van der Waals surface area contributed by atoms with Gasteiger partial charge in [-0.1, -0.05) is 24.6 Å². The van der Waals surface area contributed by atoms with Crippen molar-refractivity contribution >= 4 is 22.7 Å². The standard InChI is InChI=1S/C16H13ClN2O5/c1-2-8-5-12(21)24-15-13(8)14(22)18-16(19-15)23-7-9-3-4-10(17)6-11(9)20/h3-6,20H,2,7H2,1H3,(H,18,19,22). The molecule has 3 aromatic rings. The Bertz CT molecular complexity index is 1030. The predicted molar refractivity (Wildman–Crippen MR) is 87.7 cm³/mol. The summed E-state index contributed by atoms with van der Waals surface area (Å²) in [5.41, 5.74) is -0.115. The van der Waals surface area contributed by atoms with Gasteiger partial charge in [-0.3, -0.25) is 9.78 Å². The summed E-state index contributed by atoms with van der Waals surface area (Å²) in [7, 11) is 0. The molecule has 1 aromatic carbocycles. The van der Waals surface area contributed by atoms with E-state index < -0.39 is 11.2 Å². The van der Waals surface area contributed by atoms with Crippen LogP contribution >= 0.6 is 11.6 Å². The molecule has 24 heavy (non-hydrogen) atoms. The summed E-state index contributed by atoms with van der Waals surface area (Å²) in [4.78, 5) is 30.2. The number of aromatic amines is 1. The van der Waals surface area contributed by atoms with Gasteiger partial charge in [0.2, 0.25) is 5.71 Å². The fraction of sp³-hybridized carbons (Fsp3) is 0.188. The second kappa shape index (κ2) is 6.37. The minimum atomic E-state index is -0.584. The largest absolute Gasteiger partial charge is 0.507 e. The summed E-state index contributed by atoms with van der Waals surface area (Å²) in [6.07, 6.45) is 0.492. The fourth-order valence-electron chi connectivity index (χ4n) is 2.28. The molecule has 0 aliphatic rings. The highest BCUT2D eigenvalue weighted by Gasteiger charge is 2.13. The van der Waals surface area contributed by atoms with Crippen molar-refractivity contribution in [3.05, 3.63) is 61.2 Å². The molecule has 0 saturated carbocycles. The minimum absolute atomic E-state index is 0.0366. The molecular weight excluding hydrogens is 336 g/mol. The maximum Gasteiger partial charge on any atom is 0.337 e. The molecule has 124 valence electrons. The number of aromatic nitrogens is 2. The zero-order valence-corrected chi connectivity index (χ0v) is 13.4. The van der Waals surface area contributed by atoms with Crippen LogP contribution in [0.25, 0.3) is 11.1 Å². The van der Waals surface area contributed by atoms with Crippen LogP contribution in [-0.2, 0) is 13.0 Å². The van der Waals surface area contributed by atoms with Crippen LogP contribution in [-0.4, -0.2) is 15.1 Å². The fourth-order valence-corrected chi connectivity index (χ4v) is 2.45. The molecule has 2 N–H and O–H groups in total. The predicted octanol–water partition coefficient (Wildman–Crippen LogP) is 2.38. The molecule has 0 atom stereocenters. The van der Waals surface area contributed by atoms with Crippen molar-refractivity contribution in [1.29, 1.82) is 0 Å². The Hall–Kier alpha value is -2.80. The maximum absolute atomic E-state index is 12.2. The van der Waals surface area contributed by atoms with E-state index in [0.717, 1.165) is 0 Å². The van der Waals surface area contributed by atoms with E-state index in [9.17, 15) is 14.7 Å². The molecule has 0 spiro atoms. The number of ether oxygens (including phenoxy) is 1. The maximum atomic E-state index is 12.2. The van der Waals surface area contributed by atoms with Gasteiger partial charge in [-0.25, -0.2) is 4.79 Å². The van der Waals surface area contributed by atoms with Crippen molar-refractivity contribution in [2.45, 2.75) is 20.0 Å². The lowest BCUT2D eigenvalue weighted by atomic mass is 10.1. The van der Waals surface area contributed by atoms with E-state index in [4.69, 9.17) is 20.8 Å². The van der Waals surface area contributed by atoms with Crippen LogP contribution in [0.3, 0.4) is 0 Å². The van der Waals surface area contributed by atoms with Gasteiger partial charge in [0.1, 0.15) is 17.7 Å². The molecule has 0 amide bonds. The van der Waals surface area contributed by atoms with Crippen molar-refractivity contribution in [3.63, 3.8) is 0 Å². The summed E-state index contributed by atoms with van der Waals surface area (Å²) in [6.45, 7) is 1.77. The Balaban J connectivity index is 1.96. The summed E-state index contributed by atoms with van der Waals surface area (Å²) in [5, 5.41) is 10.4. The number of fused-ring (bicyclic) bond motifs is 1. The summed E-state index contributed by atoms with van der Waals surface area (Å²) in [5.74, 6) is -0.0366. The number of aromatic hydroxyl groups is 1. The molecular formula is C16H13ClN2O5. The Kier molecular flexibility index (Phi) is 4.26. The van der Waals surface area contributed by atoms with Gasteiger partial charge < -0.3 is 14.3 Å². The molecule has 0 unspecified atom stereocenters. The molecule has 3 rings (SSSR count). The highest BCUT2D eigenvalue weighted by atomic mass is 35.5. The number of hydrogen-bond acceptors (Lipinski definition) is 6. The highest BCUT2D eigenvalue weighted by Crippen LogP contribution is 2.23. The Labute approximate surface area is 140 Å². The van der Waals surface area contributed by atoms with Gasteiger partial charge in [-0.15, -0.1) is 0 Å². The second-order valence-electron chi connectivity index (χ2n) is 5.06. The van der Waals surface area contributed by atoms with Gasteiger partial charge in [0.05, 0.1) is 0 Å². The number of halogens is 1. The van der Waals surface area contributed by atoms with Gasteiger partial charge in [0.15, 0.2) is 0 Å². The average Bonchev–Trinajstić information content (AvgIpc) is 2.52. The van der Waals surface area contributed by atoms with E-state index in [-0.39, 0.29) is 29.5 Å². The van der Waals surface area contributed by atoms with Crippen LogP contribution in [0, 0.1) is 0 Å². The number of aryl methyl sites for hydroxylation is 1. The molecule has 2 aromatic heterocycles. The van der Waals surface area contributed by atoms with Crippen molar-refractivity contribution in [2.24, 2.45) is 0 Å². The van der Waals surface area contributed by atoms with E-state index in [1.54, 1.807) is 12.1 Å². The number of phenols is 1. The average molecular weight is 349 g/mol.